The Hall–Kier alpha value is -1.58. The number of carbonyl (C=O) groups excluding carboxylic acids is 1. The molecule has 0 aliphatic carbocycles. The molecule has 1 aromatic carbocycles. The van der Waals surface area contributed by atoms with Crippen molar-refractivity contribution in [2.45, 2.75) is 19.9 Å². The van der Waals surface area contributed by atoms with E-state index in [0.29, 0.717) is 17.7 Å². The number of amides is 1. The second-order valence-electron chi connectivity index (χ2n) is 3.09. The third kappa shape index (κ3) is 3.23. The van der Waals surface area contributed by atoms with Crippen molar-refractivity contribution in [3.8, 4) is 5.75 Å². The van der Waals surface area contributed by atoms with Gasteiger partial charge in [0, 0.05) is 18.5 Å². The van der Waals surface area contributed by atoms with E-state index in [1.54, 1.807) is 19.1 Å². The number of ether oxygens (including phenoxy) is 1. The van der Waals surface area contributed by atoms with E-state index in [-0.39, 0.29) is 18.3 Å². The first kappa shape index (κ1) is 11.5. The highest BCUT2D eigenvalue weighted by molar-refractivity contribution is 5.75. The molecule has 1 aromatic rings. The summed E-state index contributed by atoms with van der Waals surface area (Å²) in [6, 6.07) is 4.44. The van der Waals surface area contributed by atoms with Gasteiger partial charge in [-0.15, -0.1) is 0 Å². The standard InChI is InChI=1S/C11H14FNO2/c1-3-11(14)13-7-8-6-9(15-2)4-5-10(8)12/h4-6H,3,7H2,1-2H3,(H,13,14). The molecule has 1 amide bonds. The summed E-state index contributed by atoms with van der Waals surface area (Å²) < 4.78 is 18.2. The topological polar surface area (TPSA) is 38.3 Å². The first-order valence-electron chi connectivity index (χ1n) is 4.76. The Labute approximate surface area is 88.2 Å². The molecule has 0 bridgehead atoms. The van der Waals surface area contributed by atoms with Crippen LogP contribution in [0.4, 0.5) is 4.39 Å². The predicted octanol–water partition coefficient (Wildman–Crippen LogP) is 1.86. The molecule has 0 spiro atoms. The highest BCUT2D eigenvalue weighted by atomic mass is 19.1. The zero-order chi connectivity index (χ0) is 11.3. The summed E-state index contributed by atoms with van der Waals surface area (Å²) in [5.41, 5.74) is 0.427. The minimum atomic E-state index is -0.341. The maximum Gasteiger partial charge on any atom is 0.219 e. The van der Waals surface area contributed by atoms with Crippen molar-refractivity contribution in [2.75, 3.05) is 7.11 Å². The maximum absolute atomic E-state index is 13.3. The molecule has 3 nitrogen and oxygen atoms in total. The third-order valence-corrected chi connectivity index (χ3v) is 2.05. The predicted molar refractivity (Wildman–Crippen MR) is 55.1 cm³/mol. The molecule has 0 unspecified atom stereocenters. The molecular weight excluding hydrogens is 197 g/mol. The van der Waals surface area contributed by atoms with Crippen LogP contribution < -0.4 is 10.1 Å². The fourth-order valence-corrected chi connectivity index (χ4v) is 1.13. The molecule has 0 saturated heterocycles. The number of nitrogens with one attached hydrogen (secondary N) is 1. The van der Waals surface area contributed by atoms with Crippen LogP contribution in [0.2, 0.25) is 0 Å². The van der Waals surface area contributed by atoms with Crippen molar-refractivity contribution in [1.82, 2.24) is 5.32 Å². The van der Waals surface area contributed by atoms with Crippen LogP contribution in [0.1, 0.15) is 18.9 Å². The number of rotatable bonds is 4. The number of halogens is 1. The number of hydrogen-bond acceptors (Lipinski definition) is 2. The van der Waals surface area contributed by atoms with Gasteiger partial charge < -0.3 is 10.1 Å². The minimum absolute atomic E-state index is 0.0998. The van der Waals surface area contributed by atoms with Crippen LogP contribution >= 0.6 is 0 Å². The van der Waals surface area contributed by atoms with Gasteiger partial charge in [-0.3, -0.25) is 4.79 Å². The summed E-state index contributed by atoms with van der Waals surface area (Å²) >= 11 is 0. The van der Waals surface area contributed by atoms with E-state index in [0.717, 1.165) is 0 Å². The zero-order valence-electron chi connectivity index (χ0n) is 8.84. The molecule has 0 fully saturated rings. The SMILES string of the molecule is CCC(=O)NCc1cc(OC)ccc1F. The Bertz CT molecular complexity index is 352. The number of benzene rings is 1. The van der Waals surface area contributed by atoms with E-state index < -0.39 is 0 Å². The summed E-state index contributed by atoms with van der Waals surface area (Å²) in [6.07, 6.45) is 0.394. The summed E-state index contributed by atoms with van der Waals surface area (Å²) in [5.74, 6) is 0.140. The van der Waals surface area contributed by atoms with Gasteiger partial charge in [-0.2, -0.15) is 0 Å². The van der Waals surface area contributed by atoms with Crippen LogP contribution in [0, 0.1) is 5.82 Å². The van der Waals surface area contributed by atoms with E-state index in [2.05, 4.69) is 5.32 Å². The summed E-state index contributed by atoms with van der Waals surface area (Å²) in [4.78, 5) is 11.0. The second-order valence-corrected chi connectivity index (χ2v) is 3.09. The van der Waals surface area contributed by atoms with E-state index in [4.69, 9.17) is 4.74 Å². The van der Waals surface area contributed by atoms with Crippen molar-refractivity contribution < 1.29 is 13.9 Å². The average Bonchev–Trinajstić information content (AvgIpc) is 2.27. The summed E-state index contributed by atoms with van der Waals surface area (Å²) in [6.45, 7) is 1.94. The smallest absolute Gasteiger partial charge is 0.219 e. The molecule has 0 aliphatic rings. The fourth-order valence-electron chi connectivity index (χ4n) is 1.13. The van der Waals surface area contributed by atoms with Gasteiger partial charge >= 0.3 is 0 Å². The van der Waals surface area contributed by atoms with Gasteiger partial charge in [0.05, 0.1) is 7.11 Å². The Kier molecular flexibility index (Phi) is 4.09. The van der Waals surface area contributed by atoms with E-state index in [9.17, 15) is 9.18 Å². The van der Waals surface area contributed by atoms with Crippen molar-refractivity contribution in [3.63, 3.8) is 0 Å². The molecule has 4 heteroatoms. The molecule has 82 valence electrons. The largest absolute Gasteiger partial charge is 0.497 e. The van der Waals surface area contributed by atoms with Gasteiger partial charge in [0.15, 0.2) is 0 Å². The third-order valence-electron chi connectivity index (χ3n) is 2.05. The number of hydrogen-bond donors (Lipinski definition) is 1. The lowest BCUT2D eigenvalue weighted by Crippen LogP contribution is -2.22. The highest BCUT2D eigenvalue weighted by Gasteiger charge is 2.05. The highest BCUT2D eigenvalue weighted by Crippen LogP contribution is 2.16. The summed E-state index contributed by atoms with van der Waals surface area (Å²) in [7, 11) is 1.52. The molecule has 1 N–H and O–H groups in total. The van der Waals surface area contributed by atoms with Crippen molar-refractivity contribution >= 4 is 5.91 Å². The molecule has 0 aromatic heterocycles. The van der Waals surface area contributed by atoms with E-state index >= 15 is 0 Å². The van der Waals surface area contributed by atoms with Crippen LogP contribution in [0.5, 0.6) is 5.75 Å². The normalized spacial score (nSPS) is 9.80. The van der Waals surface area contributed by atoms with Crippen LogP contribution in [0.25, 0.3) is 0 Å². The van der Waals surface area contributed by atoms with Gasteiger partial charge in [0.2, 0.25) is 5.91 Å². The second kappa shape index (κ2) is 5.34. The molecule has 0 heterocycles. The Morgan fingerprint density at radius 2 is 2.27 bits per heavy atom. The van der Waals surface area contributed by atoms with Crippen molar-refractivity contribution in [1.29, 1.82) is 0 Å². The average molecular weight is 211 g/mol. The van der Waals surface area contributed by atoms with Crippen LogP contribution in [0.3, 0.4) is 0 Å². The number of methoxy groups -OCH3 is 1. The first-order valence-corrected chi connectivity index (χ1v) is 4.76. The van der Waals surface area contributed by atoms with Crippen LogP contribution in [0.15, 0.2) is 18.2 Å². The lowest BCUT2D eigenvalue weighted by Gasteiger charge is -2.07. The lowest BCUT2D eigenvalue weighted by molar-refractivity contribution is -0.120. The molecule has 0 atom stereocenters. The van der Waals surface area contributed by atoms with Gasteiger partial charge in [-0.05, 0) is 18.2 Å². The van der Waals surface area contributed by atoms with Crippen molar-refractivity contribution in [3.05, 3.63) is 29.6 Å². The molecule has 0 saturated carbocycles. The van der Waals surface area contributed by atoms with E-state index in [1.807, 2.05) is 0 Å². The van der Waals surface area contributed by atoms with E-state index in [1.165, 1.54) is 13.2 Å². The Morgan fingerprint density at radius 1 is 1.53 bits per heavy atom. The van der Waals surface area contributed by atoms with Gasteiger partial charge in [-0.1, -0.05) is 6.92 Å². The molecular formula is C11H14FNO2. The fraction of sp³-hybridized carbons (Fsp3) is 0.364. The minimum Gasteiger partial charge on any atom is -0.497 e. The quantitative estimate of drug-likeness (QED) is 0.825. The van der Waals surface area contributed by atoms with Gasteiger partial charge in [-0.25, -0.2) is 4.39 Å². The zero-order valence-corrected chi connectivity index (χ0v) is 8.84. The monoisotopic (exact) mass is 211 g/mol. The Balaban J connectivity index is 2.70. The van der Waals surface area contributed by atoms with Crippen molar-refractivity contribution in [2.24, 2.45) is 0 Å². The molecule has 0 radical (unpaired) electrons. The molecule has 0 aliphatic heterocycles. The molecule has 15 heavy (non-hydrogen) atoms. The maximum atomic E-state index is 13.3. The number of carbonyl (C=O) groups is 1. The van der Waals surface area contributed by atoms with Crippen LogP contribution in [-0.4, -0.2) is 13.0 Å². The first-order chi connectivity index (χ1) is 7.17. The molecule has 1 rings (SSSR count). The van der Waals surface area contributed by atoms with Gasteiger partial charge in [0.25, 0.3) is 0 Å². The Morgan fingerprint density at radius 3 is 2.87 bits per heavy atom. The lowest BCUT2D eigenvalue weighted by atomic mass is 10.2. The summed E-state index contributed by atoms with van der Waals surface area (Å²) in [5, 5.41) is 2.61. The van der Waals surface area contributed by atoms with Gasteiger partial charge in [0.1, 0.15) is 11.6 Å². The van der Waals surface area contributed by atoms with Crippen LogP contribution in [-0.2, 0) is 11.3 Å².